The van der Waals surface area contributed by atoms with E-state index in [1.54, 1.807) is 29.7 Å². The van der Waals surface area contributed by atoms with Crippen LogP contribution >= 0.6 is 0 Å². The van der Waals surface area contributed by atoms with Crippen LogP contribution in [0.5, 0.6) is 0 Å². The summed E-state index contributed by atoms with van der Waals surface area (Å²) < 4.78 is 6.93. The number of amides is 2. The molecule has 0 spiro atoms. The summed E-state index contributed by atoms with van der Waals surface area (Å²) in [7, 11) is 0. The average molecular weight is 484 g/mol. The second kappa shape index (κ2) is 8.48. The average Bonchev–Trinajstić information content (AvgIpc) is 3.38. The number of anilines is 2. The molecule has 2 saturated heterocycles. The van der Waals surface area contributed by atoms with Gasteiger partial charge in [0.25, 0.3) is 5.78 Å². The largest absolute Gasteiger partial charge is 0.458 e. The molecule has 3 aromatic rings. The maximum atomic E-state index is 13.2. The van der Waals surface area contributed by atoms with Crippen molar-refractivity contribution in [1.29, 1.82) is 0 Å². The first-order valence-electron chi connectivity index (χ1n) is 11.6. The summed E-state index contributed by atoms with van der Waals surface area (Å²) in [5, 5.41) is 14.2. The van der Waals surface area contributed by atoms with Crippen LogP contribution in [-0.4, -0.2) is 95.7 Å². The predicted octanol–water partition coefficient (Wildman–Crippen LogP) is 0.0804. The third-order valence-corrected chi connectivity index (χ3v) is 6.27. The van der Waals surface area contributed by atoms with Gasteiger partial charge in [-0.25, -0.2) is 0 Å². The van der Waals surface area contributed by atoms with Gasteiger partial charge in [0.2, 0.25) is 29.5 Å². The lowest BCUT2D eigenvalue weighted by molar-refractivity contribution is -0.143. The molecule has 0 bridgehead atoms. The molecule has 13 nitrogen and oxygen atoms in total. The van der Waals surface area contributed by atoms with Crippen LogP contribution in [0.25, 0.3) is 17.4 Å². The molecule has 0 saturated carbocycles. The number of furan rings is 1. The standard InChI is InChI=1S/C22H29N9O4/c1-13-4-5-15(35-13)17-24-21-26-20(25-19(23)31(21)27-17)30-7-6-14(30)18(33)29-10-8-28(9-11-29)16(32)12-22(2,3)34/h4-5,14,34H,6-12H2,1-3H3,(H2,23,24,25,26,27)/t14-/m0/s1. The van der Waals surface area contributed by atoms with E-state index >= 15 is 0 Å². The molecule has 2 aliphatic heterocycles. The SMILES string of the molecule is Cc1ccc(-c2nc3nc(N4CC[C@H]4C(=O)N4CCN(C(=O)CC(C)(C)O)CC4)nc(N)n3n2)o1. The third kappa shape index (κ3) is 4.50. The van der Waals surface area contributed by atoms with Crippen LogP contribution in [0.2, 0.25) is 0 Å². The highest BCUT2D eigenvalue weighted by Crippen LogP contribution is 2.27. The number of aliphatic hydroxyl groups is 1. The van der Waals surface area contributed by atoms with Crippen LogP contribution in [0.4, 0.5) is 11.9 Å². The predicted molar refractivity (Wildman–Crippen MR) is 125 cm³/mol. The number of rotatable bonds is 5. The maximum Gasteiger partial charge on any atom is 0.259 e. The zero-order chi connectivity index (χ0) is 24.9. The van der Waals surface area contributed by atoms with E-state index < -0.39 is 11.6 Å². The number of carbonyl (C=O) groups excluding carboxylic acids is 2. The Morgan fingerprint density at radius 2 is 1.83 bits per heavy atom. The number of carbonyl (C=O) groups is 2. The highest BCUT2D eigenvalue weighted by atomic mass is 16.3. The summed E-state index contributed by atoms with van der Waals surface area (Å²) in [6.07, 6.45) is 0.733. The van der Waals surface area contributed by atoms with Gasteiger partial charge >= 0.3 is 0 Å². The van der Waals surface area contributed by atoms with Crippen molar-refractivity contribution in [3.63, 3.8) is 0 Å². The van der Waals surface area contributed by atoms with Crippen LogP contribution in [0.3, 0.4) is 0 Å². The Labute approximate surface area is 201 Å². The normalized spacial score (nSPS) is 18.7. The smallest absolute Gasteiger partial charge is 0.259 e. The van der Waals surface area contributed by atoms with Gasteiger partial charge in [0, 0.05) is 32.7 Å². The van der Waals surface area contributed by atoms with E-state index in [0.29, 0.717) is 56.7 Å². The summed E-state index contributed by atoms with van der Waals surface area (Å²) in [6.45, 7) is 7.45. The van der Waals surface area contributed by atoms with Gasteiger partial charge < -0.3 is 30.0 Å². The molecule has 2 fully saturated rings. The molecular weight excluding hydrogens is 454 g/mol. The lowest BCUT2D eigenvalue weighted by Gasteiger charge is -2.44. The van der Waals surface area contributed by atoms with Crippen molar-refractivity contribution >= 4 is 29.5 Å². The number of nitrogens with zero attached hydrogens (tertiary/aromatic N) is 8. The van der Waals surface area contributed by atoms with Crippen LogP contribution in [-0.2, 0) is 9.59 Å². The van der Waals surface area contributed by atoms with Crippen LogP contribution in [0, 0.1) is 6.92 Å². The van der Waals surface area contributed by atoms with E-state index in [1.807, 2.05) is 17.9 Å². The van der Waals surface area contributed by atoms with E-state index in [-0.39, 0.29) is 30.0 Å². The Bertz CT molecular complexity index is 1270. The first-order valence-corrected chi connectivity index (χ1v) is 11.6. The summed E-state index contributed by atoms with van der Waals surface area (Å²) in [5.41, 5.74) is 5.07. The fraction of sp³-hybridized carbons (Fsp3) is 0.545. The number of aromatic nitrogens is 5. The molecule has 0 aromatic carbocycles. The highest BCUT2D eigenvalue weighted by molar-refractivity contribution is 5.87. The lowest BCUT2D eigenvalue weighted by Crippen LogP contribution is -2.61. The van der Waals surface area contributed by atoms with Crippen molar-refractivity contribution in [3.8, 4) is 11.6 Å². The summed E-state index contributed by atoms with van der Waals surface area (Å²) >= 11 is 0. The van der Waals surface area contributed by atoms with Crippen molar-refractivity contribution < 1.29 is 19.1 Å². The van der Waals surface area contributed by atoms with E-state index in [0.717, 1.165) is 5.76 Å². The van der Waals surface area contributed by atoms with Gasteiger partial charge in [-0.05, 0) is 39.3 Å². The molecule has 2 amide bonds. The Hall–Kier alpha value is -3.74. The Balaban J connectivity index is 1.27. The number of piperazine rings is 1. The second-order valence-electron chi connectivity index (χ2n) is 9.63. The topological polar surface area (TPSA) is 159 Å². The van der Waals surface area contributed by atoms with Gasteiger partial charge in [-0.15, -0.1) is 5.10 Å². The van der Waals surface area contributed by atoms with Gasteiger partial charge in [0.1, 0.15) is 11.8 Å². The summed E-state index contributed by atoms with van der Waals surface area (Å²) in [6, 6.07) is 3.20. The molecule has 1 atom stereocenters. The molecular formula is C22H29N9O4. The molecule has 3 aromatic heterocycles. The molecule has 2 aliphatic rings. The molecule has 5 rings (SSSR count). The first-order chi connectivity index (χ1) is 16.6. The van der Waals surface area contributed by atoms with E-state index in [4.69, 9.17) is 10.2 Å². The van der Waals surface area contributed by atoms with Crippen LogP contribution in [0.15, 0.2) is 16.5 Å². The van der Waals surface area contributed by atoms with Crippen molar-refractivity contribution in [1.82, 2.24) is 34.4 Å². The van der Waals surface area contributed by atoms with E-state index in [1.165, 1.54) is 4.52 Å². The molecule has 0 radical (unpaired) electrons. The monoisotopic (exact) mass is 483 g/mol. The van der Waals surface area contributed by atoms with Gasteiger partial charge in [0.05, 0.1) is 12.0 Å². The molecule has 0 aliphatic carbocycles. The quantitative estimate of drug-likeness (QED) is 0.509. The summed E-state index contributed by atoms with van der Waals surface area (Å²) in [4.78, 5) is 44.1. The third-order valence-electron chi connectivity index (χ3n) is 6.27. The van der Waals surface area contributed by atoms with Gasteiger partial charge in [-0.2, -0.15) is 19.5 Å². The Morgan fingerprint density at radius 3 is 2.43 bits per heavy atom. The zero-order valence-electron chi connectivity index (χ0n) is 20.0. The van der Waals surface area contributed by atoms with Crippen molar-refractivity contribution in [2.45, 2.75) is 45.3 Å². The van der Waals surface area contributed by atoms with E-state index in [9.17, 15) is 14.7 Å². The highest BCUT2D eigenvalue weighted by Gasteiger charge is 2.40. The van der Waals surface area contributed by atoms with Crippen molar-refractivity contribution in [2.24, 2.45) is 0 Å². The molecule has 3 N–H and O–H groups in total. The van der Waals surface area contributed by atoms with E-state index in [2.05, 4.69) is 20.1 Å². The van der Waals surface area contributed by atoms with Crippen LogP contribution in [0.1, 0.15) is 32.4 Å². The number of aryl methyl sites for hydroxylation is 1. The Morgan fingerprint density at radius 1 is 1.11 bits per heavy atom. The summed E-state index contributed by atoms with van der Waals surface area (Å²) in [5.74, 6) is 2.18. The lowest BCUT2D eigenvalue weighted by atomic mass is 10.0. The molecule has 0 unspecified atom stereocenters. The molecule has 5 heterocycles. The fourth-order valence-corrected chi connectivity index (χ4v) is 4.33. The number of nitrogens with two attached hydrogens (primary N) is 1. The Kier molecular flexibility index (Phi) is 5.58. The number of hydrogen-bond acceptors (Lipinski definition) is 10. The van der Waals surface area contributed by atoms with Gasteiger partial charge in [0.15, 0.2) is 5.76 Å². The molecule has 35 heavy (non-hydrogen) atoms. The van der Waals surface area contributed by atoms with Gasteiger partial charge in [-0.1, -0.05) is 0 Å². The molecule has 186 valence electrons. The van der Waals surface area contributed by atoms with Crippen molar-refractivity contribution in [2.75, 3.05) is 43.4 Å². The van der Waals surface area contributed by atoms with Crippen molar-refractivity contribution in [3.05, 3.63) is 17.9 Å². The number of fused-ring (bicyclic) bond motifs is 1. The number of hydrogen-bond donors (Lipinski definition) is 2. The number of nitrogen functional groups attached to an aromatic ring is 1. The molecule has 13 heteroatoms. The van der Waals surface area contributed by atoms with Gasteiger partial charge in [-0.3, -0.25) is 9.59 Å². The zero-order valence-corrected chi connectivity index (χ0v) is 20.0. The minimum Gasteiger partial charge on any atom is -0.458 e. The fourth-order valence-electron chi connectivity index (χ4n) is 4.33. The van der Waals surface area contributed by atoms with Crippen LogP contribution < -0.4 is 10.6 Å². The first kappa shape index (κ1) is 23.0. The minimum absolute atomic E-state index is 0.0268. The second-order valence-corrected chi connectivity index (χ2v) is 9.63. The maximum absolute atomic E-state index is 13.2. The minimum atomic E-state index is -1.05.